The van der Waals surface area contributed by atoms with E-state index in [1.54, 1.807) is 6.08 Å². The summed E-state index contributed by atoms with van der Waals surface area (Å²) in [4.78, 5) is 0. The molecule has 1 atom stereocenters. The molecule has 0 amide bonds. The highest BCUT2D eigenvalue weighted by Gasteiger charge is 2.07. The molecule has 0 aromatic carbocycles. The molecule has 10 heavy (non-hydrogen) atoms. The zero-order valence-electron chi connectivity index (χ0n) is 5.69. The van der Waals surface area contributed by atoms with Gasteiger partial charge in [-0.25, -0.2) is 4.39 Å². The van der Waals surface area contributed by atoms with Crippen molar-refractivity contribution in [2.45, 2.75) is 12.8 Å². The zero-order valence-corrected chi connectivity index (χ0v) is 5.69. The van der Waals surface area contributed by atoms with Gasteiger partial charge in [0, 0.05) is 0 Å². The van der Waals surface area contributed by atoms with E-state index in [9.17, 15) is 8.78 Å². The van der Waals surface area contributed by atoms with Gasteiger partial charge in [-0.05, 0) is 30.9 Å². The van der Waals surface area contributed by atoms with Crippen LogP contribution in [-0.4, -0.2) is 6.67 Å². The molecular formula is C8H10F2. The highest BCUT2D eigenvalue weighted by Crippen LogP contribution is 2.19. The van der Waals surface area contributed by atoms with Crippen molar-refractivity contribution in [2.24, 2.45) is 5.92 Å². The largest absolute Gasteiger partial charge is 0.251 e. The second kappa shape index (κ2) is 3.49. The maximum atomic E-state index is 12.3. The first-order valence-corrected chi connectivity index (χ1v) is 3.43. The molecule has 0 heterocycles. The number of hydrogen-bond acceptors (Lipinski definition) is 0. The van der Waals surface area contributed by atoms with Crippen molar-refractivity contribution in [3.63, 3.8) is 0 Å². The second-order valence-corrected chi connectivity index (χ2v) is 2.42. The van der Waals surface area contributed by atoms with Crippen molar-refractivity contribution in [2.75, 3.05) is 6.67 Å². The monoisotopic (exact) mass is 144 g/mol. The van der Waals surface area contributed by atoms with E-state index in [4.69, 9.17) is 0 Å². The standard InChI is InChI=1S/C8H10F2/c9-6-5-7-1-3-8(10)4-2-7/h1,3-4,7H,2,5-6H2. The molecule has 0 aromatic heterocycles. The number of hydrogen-bond donors (Lipinski definition) is 0. The van der Waals surface area contributed by atoms with Gasteiger partial charge in [-0.1, -0.05) is 6.08 Å². The molecule has 1 unspecified atom stereocenters. The summed E-state index contributed by atoms with van der Waals surface area (Å²) in [5, 5.41) is 0. The fourth-order valence-corrected chi connectivity index (χ4v) is 0.993. The Labute approximate surface area is 59.2 Å². The Kier molecular flexibility index (Phi) is 2.60. The molecule has 2 heteroatoms. The molecule has 1 rings (SSSR count). The number of rotatable bonds is 2. The summed E-state index contributed by atoms with van der Waals surface area (Å²) in [5.41, 5.74) is 0. The summed E-state index contributed by atoms with van der Waals surface area (Å²) in [5.74, 6) is 0.0135. The lowest BCUT2D eigenvalue weighted by molar-refractivity contribution is 0.422. The zero-order chi connectivity index (χ0) is 7.40. The van der Waals surface area contributed by atoms with Crippen molar-refractivity contribution < 1.29 is 8.78 Å². The van der Waals surface area contributed by atoms with Crippen LogP contribution in [0.25, 0.3) is 0 Å². The Morgan fingerprint density at radius 3 is 2.90 bits per heavy atom. The number of alkyl halides is 1. The lowest BCUT2D eigenvalue weighted by atomic mass is 9.98. The predicted molar refractivity (Wildman–Crippen MR) is 37.0 cm³/mol. The van der Waals surface area contributed by atoms with Crippen LogP contribution in [-0.2, 0) is 0 Å². The van der Waals surface area contributed by atoms with Gasteiger partial charge >= 0.3 is 0 Å². The topological polar surface area (TPSA) is 0 Å². The molecule has 0 radical (unpaired) electrons. The van der Waals surface area contributed by atoms with Crippen LogP contribution >= 0.6 is 0 Å². The Morgan fingerprint density at radius 2 is 2.40 bits per heavy atom. The molecule has 0 nitrogen and oxygen atoms in total. The SMILES string of the molecule is FCCC1C=CC(F)=CC1. The number of allylic oxidation sites excluding steroid dienone is 4. The lowest BCUT2D eigenvalue weighted by Gasteiger charge is -2.10. The second-order valence-electron chi connectivity index (χ2n) is 2.42. The summed E-state index contributed by atoms with van der Waals surface area (Å²) in [7, 11) is 0. The quantitative estimate of drug-likeness (QED) is 0.559. The van der Waals surface area contributed by atoms with Crippen molar-refractivity contribution in [1.29, 1.82) is 0 Å². The molecule has 0 bridgehead atoms. The average Bonchev–Trinajstić information content (AvgIpc) is 1.95. The summed E-state index contributed by atoms with van der Waals surface area (Å²) < 4.78 is 24.0. The Bertz CT molecular complexity index is 159. The van der Waals surface area contributed by atoms with Crippen LogP contribution in [0.1, 0.15) is 12.8 Å². The van der Waals surface area contributed by atoms with Crippen molar-refractivity contribution in [3.8, 4) is 0 Å². The molecular weight excluding hydrogens is 134 g/mol. The van der Waals surface area contributed by atoms with Crippen molar-refractivity contribution in [3.05, 3.63) is 24.1 Å². The molecule has 1 aliphatic rings. The first-order chi connectivity index (χ1) is 4.83. The number of halogens is 2. The molecule has 0 aromatic rings. The van der Waals surface area contributed by atoms with Gasteiger partial charge in [-0.15, -0.1) is 0 Å². The van der Waals surface area contributed by atoms with Crippen LogP contribution in [0.2, 0.25) is 0 Å². The van der Waals surface area contributed by atoms with Gasteiger partial charge in [0.2, 0.25) is 0 Å². The van der Waals surface area contributed by atoms with Gasteiger partial charge in [-0.3, -0.25) is 4.39 Å². The molecule has 1 aliphatic carbocycles. The molecule has 0 fully saturated rings. The van der Waals surface area contributed by atoms with E-state index in [0.717, 1.165) is 0 Å². The minimum atomic E-state index is -0.315. The first kappa shape index (κ1) is 7.45. The maximum absolute atomic E-state index is 12.3. The van der Waals surface area contributed by atoms with E-state index in [0.29, 0.717) is 12.8 Å². The molecule has 0 aliphatic heterocycles. The maximum Gasteiger partial charge on any atom is 0.118 e. The van der Waals surface area contributed by atoms with Crippen LogP contribution in [0, 0.1) is 5.92 Å². The van der Waals surface area contributed by atoms with Gasteiger partial charge < -0.3 is 0 Å². The Morgan fingerprint density at radius 1 is 1.60 bits per heavy atom. The van der Waals surface area contributed by atoms with Crippen LogP contribution in [0.15, 0.2) is 24.1 Å². The normalized spacial score (nSPS) is 24.6. The smallest absolute Gasteiger partial charge is 0.118 e. The summed E-state index contributed by atoms with van der Waals surface area (Å²) in [6, 6.07) is 0. The van der Waals surface area contributed by atoms with Gasteiger partial charge in [0.05, 0.1) is 6.67 Å². The summed E-state index contributed by atoms with van der Waals surface area (Å²) in [6.07, 6.45) is 5.80. The van der Waals surface area contributed by atoms with Gasteiger partial charge in [0.1, 0.15) is 5.83 Å². The first-order valence-electron chi connectivity index (χ1n) is 3.43. The fourth-order valence-electron chi connectivity index (χ4n) is 0.993. The van der Waals surface area contributed by atoms with Crippen molar-refractivity contribution in [1.82, 2.24) is 0 Å². The van der Waals surface area contributed by atoms with Crippen LogP contribution in [0.4, 0.5) is 8.78 Å². The van der Waals surface area contributed by atoms with E-state index < -0.39 is 0 Å². The minimum Gasteiger partial charge on any atom is -0.251 e. The van der Waals surface area contributed by atoms with E-state index in [1.165, 1.54) is 12.2 Å². The van der Waals surface area contributed by atoms with Crippen molar-refractivity contribution >= 4 is 0 Å². The fraction of sp³-hybridized carbons (Fsp3) is 0.500. The van der Waals surface area contributed by atoms with Crippen LogP contribution in [0.3, 0.4) is 0 Å². The highest BCUT2D eigenvalue weighted by molar-refractivity contribution is 5.17. The van der Waals surface area contributed by atoms with E-state index >= 15 is 0 Å². The lowest BCUT2D eigenvalue weighted by Crippen LogP contribution is -1.99. The third kappa shape index (κ3) is 1.94. The van der Waals surface area contributed by atoms with Gasteiger partial charge in [0.25, 0.3) is 0 Å². The summed E-state index contributed by atoms with van der Waals surface area (Å²) >= 11 is 0. The van der Waals surface area contributed by atoms with Gasteiger partial charge in [-0.2, -0.15) is 0 Å². The summed E-state index contributed by atoms with van der Waals surface area (Å²) in [6.45, 7) is -0.315. The van der Waals surface area contributed by atoms with Crippen LogP contribution in [0.5, 0.6) is 0 Å². The van der Waals surface area contributed by atoms with Gasteiger partial charge in [0.15, 0.2) is 0 Å². The molecule has 0 N–H and O–H groups in total. The van der Waals surface area contributed by atoms with Crippen LogP contribution < -0.4 is 0 Å². The van der Waals surface area contributed by atoms with E-state index in [1.807, 2.05) is 0 Å². The third-order valence-electron chi connectivity index (χ3n) is 1.62. The molecule has 56 valence electrons. The Balaban J connectivity index is 2.37. The highest BCUT2D eigenvalue weighted by atomic mass is 19.1. The average molecular weight is 144 g/mol. The Hall–Kier alpha value is -0.660. The third-order valence-corrected chi connectivity index (χ3v) is 1.62. The molecule has 0 saturated heterocycles. The van der Waals surface area contributed by atoms with E-state index in [-0.39, 0.29) is 18.4 Å². The van der Waals surface area contributed by atoms with E-state index in [2.05, 4.69) is 0 Å². The molecule has 0 spiro atoms. The minimum absolute atomic E-state index is 0.199. The predicted octanol–water partition coefficient (Wildman–Crippen LogP) is 2.78. The molecule has 0 saturated carbocycles.